The molecule has 0 heterocycles. The molecule has 0 unspecified atom stereocenters. The maximum absolute atomic E-state index is 12.6. The largest absolute Gasteiger partial charge is 1.00 e. The van der Waals surface area contributed by atoms with Crippen LogP contribution in [0.15, 0.2) is 158 Å². The summed E-state index contributed by atoms with van der Waals surface area (Å²) in [5, 5.41) is 32.5. The smallest absolute Gasteiger partial charge is 0.397 e. The second-order valence-corrected chi connectivity index (χ2v) is 19.9. The average molecular weight is 1030 g/mol. The number of hydrogen-bond donors (Lipinski definition) is 8. The molecule has 0 aliphatic rings. The maximum Gasteiger partial charge on any atom is 1.00 e. The van der Waals surface area contributed by atoms with Crippen LogP contribution in [0.25, 0.3) is 12.2 Å². The molecule has 0 radical (unpaired) electrons. The van der Waals surface area contributed by atoms with E-state index in [-0.39, 0.29) is 119 Å². The molecule has 69 heavy (non-hydrogen) atoms. The Morgan fingerprint density at radius 2 is 0.696 bits per heavy atom. The minimum atomic E-state index is -4.95. The number of anilines is 4. The van der Waals surface area contributed by atoms with Crippen molar-refractivity contribution in [2.75, 3.05) is 22.9 Å². The van der Waals surface area contributed by atoms with Gasteiger partial charge in [0.1, 0.15) is 32.5 Å². The van der Waals surface area contributed by atoms with Gasteiger partial charge >= 0.3 is 29.6 Å². The van der Waals surface area contributed by atoms with Gasteiger partial charge < -0.3 is 22.9 Å². The standard InChI is InChI=1S/C40H36N12O12S4.Na/c1-21-17-31(37(43)39(35(21)41)51-45-25-9-13-29(14-10-25)65(53,54)55)49-47-27-7-5-23(33(19-27)67(59,60)61)3-4-24-6-8-28(20-34(24)68(62,63)64)48-50-32-18-22(2)36(42)40(38(32)44)52-46-26-11-15-30(16-12-26)66(56,57)58;/h3-20H,41-44H2,1-2H3,(H,53,54,55)(H,56,57,58)(H,59,60,61)(H,62,63,64);/q;+1/b4-3+,49-47?,50-48?,51-45?,52-46?;. The summed E-state index contributed by atoms with van der Waals surface area (Å²) in [4.78, 5) is -2.04. The molecule has 6 aromatic rings. The van der Waals surface area contributed by atoms with Gasteiger partial charge in [-0.05, 0) is 121 Å². The molecule has 6 rings (SSSR count). The summed E-state index contributed by atoms with van der Waals surface area (Å²) >= 11 is 0. The minimum absolute atomic E-state index is 0. The van der Waals surface area contributed by atoms with Gasteiger partial charge in [-0.25, -0.2) is 0 Å². The SMILES string of the molecule is Cc1cc(N=Nc2ccc(/C=C/c3ccc(N=Nc4cc(C)c(N)c(N=Nc5ccc(S(=O)(=O)O)cc5)c4N)cc3S(=O)(=O)O)c(S(=O)(=O)O)c2)c(N)c(N=Nc2ccc(S(=O)(=O)O)cc2)c1N.[Na+]. The van der Waals surface area contributed by atoms with Crippen LogP contribution in [0.5, 0.6) is 0 Å². The van der Waals surface area contributed by atoms with Crippen LogP contribution in [0, 0.1) is 13.8 Å². The van der Waals surface area contributed by atoms with Gasteiger partial charge in [0.15, 0.2) is 0 Å². The fourth-order valence-corrected chi connectivity index (χ4v) is 8.26. The first kappa shape index (κ1) is 53.3. The van der Waals surface area contributed by atoms with Gasteiger partial charge in [-0.15, -0.1) is 20.5 Å². The van der Waals surface area contributed by atoms with Crippen LogP contribution in [-0.4, -0.2) is 51.9 Å². The Kier molecular flexibility index (Phi) is 16.1. The minimum Gasteiger partial charge on any atom is -0.397 e. The van der Waals surface area contributed by atoms with E-state index >= 15 is 0 Å². The molecule has 0 saturated carbocycles. The molecule has 0 spiro atoms. The second-order valence-electron chi connectivity index (χ2n) is 14.2. The van der Waals surface area contributed by atoms with Crippen molar-refractivity contribution in [1.29, 1.82) is 0 Å². The predicted molar refractivity (Wildman–Crippen MR) is 251 cm³/mol. The van der Waals surface area contributed by atoms with E-state index in [1.807, 2.05) is 0 Å². The predicted octanol–water partition coefficient (Wildman–Crippen LogP) is 6.46. The molecule has 352 valence electrons. The molecule has 29 heteroatoms. The van der Waals surface area contributed by atoms with Crippen molar-refractivity contribution in [1.82, 2.24) is 0 Å². The Balaban J connectivity index is 0.00000888. The molecule has 0 bridgehead atoms. The van der Waals surface area contributed by atoms with E-state index < -0.39 is 50.3 Å². The van der Waals surface area contributed by atoms with Gasteiger partial charge in [0.25, 0.3) is 40.5 Å². The number of hydrogen-bond acceptors (Lipinski definition) is 20. The number of azo groups is 4. The van der Waals surface area contributed by atoms with Crippen molar-refractivity contribution >= 4 is 121 Å². The van der Waals surface area contributed by atoms with Crippen LogP contribution < -0.4 is 52.5 Å². The van der Waals surface area contributed by atoms with Crippen LogP contribution in [-0.2, 0) is 40.5 Å². The zero-order chi connectivity index (χ0) is 49.9. The topological polar surface area (TPSA) is 420 Å². The third-order valence-corrected chi connectivity index (χ3v) is 13.0. The molecule has 12 N–H and O–H groups in total. The Morgan fingerprint density at radius 3 is 1.00 bits per heavy atom. The van der Waals surface area contributed by atoms with Crippen molar-refractivity contribution in [3.05, 3.63) is 119 Å². The molecule has 0 atom stereocenters. The average Bonchev–Trinajstić information content (AvgIpc) is 3.26. The number of rotatable bonds is 14. The maximum atomic E-state index is 12.6. The Morgan fingerprint density at radius 1 is 0.391 bits per heavy atom. The third kappa shape index (κ3) is 13.1. The summed E-state index contributed by atoms with van der Waals surface area (Å²) < 4.78 is 134. The first-order chi connectivity index (χ1) is 31.7. The van der Waals surface area contributed by atoms with E-state index in [0.29, 0.717) is 11.1 Å². The van der Waals surface area contributed by atoms with E-state index in [4.69, 9.17) is 22.9 Å². The zero-order valence-electron chi connectivity index (χ0n) is 36.0. The summed E-state index contributed by atoms with van der Waals surface area (Å²) in [7, 11) is -18.8. The molecule has 0 saturated heterocycles. The molecule has 0 fully saturated rings. The Hall–Kier alpha value is -6.70. The van der Waals surface area contributed by atoms with Crippen molar-refractivity contribution in [3.8, 4) is 0 Å². The number of benzene rings is 6. The van der Waals surface area contributed by atoms with E-state index in [1.165, 1.54) is 60.7 Å². The van der Waals surface area contributed by atoms with E-state index in [2.05, 4.69) is 40.9 Å². The first-order valence-corrected chi connectivity index (χ1v) is 24.6. The van der Waals surface area contributed by atoms with Gasteiger partial charge in [0.05, 0.1) is 55.3 Å². The summed E-state index contributed by atoms with van der Waals surface area (Å²) in [6.07, 6.45) is 2.31. The third-order valence-electron chi connectivity index (χ3n) is 9.47. The molecular weight excluding hydrogens is 992 g/mol. The summed E-state index contributed by atoms with van der Waals surface area (Å²) in [6, 6.07) is 19.6. The first-order valence-electron chi connectivity index (χ1n) is 18.8. The molecule has 0 amide bonds. The van der Waals surface area contributed by atoms with Crippen LogP contribution >= 0.6 is 0 Å². The fourth-order valence-electron chi connectivity index (χ4n) is 5.89. The summed E-state index contributed by atoms with van der Waals surface area (Å²) in [5.74, 6) is 0. The van der Waals surface area contributed by atoms with Gasteiger partial charge in [-0.3, -0.25) is 18.2 Å². The Labute approximate surface area is 416 Å². The number of nitrogens with zero attached hydrogens (tertiary/aromatic N) is 8. The van der Waals surface area contributed by atoms with E-state index in [1.54, 1.807) is 13.8 Å². The fraction of sp³-hybridized carbons (Fsp3) is 0.0500. The number of aryl methyl sites for hydroxylation is 2. The van der Waals surface area contributed by atoms with Crippen LogP contribution in [0.2, 0.25) is 0 Å². The van der Waals surface area contributed by atoms with Crippen LogP contribution in [0.3, 0.4) is 0 Å². The Bertz CT molecular complexity index is 3390. The van der Waals surface area contributed by atoms with E-state index in [0.717, 1.165) is 48.6 Å². The van der Waals surface area contributed by atoms with E-state index in [9.17, 15) is 51.9 Å². The van der Waals surface area contributed by atoms with Gasteiger partial charge in [-0.1, -0.05) is 24.3 Å². The number of nitrogens with two attached hydrogens (primary N) is 4. The monoisotopic (exact) mass is 1030 g/mol. The normalized spacial score (nSPS) is 12.8. The summed E-state index contributed by atoms with van der Waals surface area (Å²) in [5.41, 5.74) is 25.9. The van der Waals surface area contributed by atoms with Crippen LogP contribution in [0.4, 0.5) is 68.2 Å². The van der Waals surface area contributed by atoms with Gasteiger partial charge in [-0.2, -0.15) is 54.1 Å². The zero-order valence-corrected chi connectivity index (χ0v) is 41.2. The van der Waals surface area contributed by atoms with Gasteiger partial charge in [0, 0.05) is 0 Å². The van der Waals surface area contributed by atoms with Crippen molar-refractivity contribution < 1.29 is 81.4 Å². The molecule has 0 aromatic heterocycles. The van der Waals surface area contributed by atoms with Gasteiger partial charge in [0.2, 0.25) is 0 Å². The van der Waals surface area contributed by atoms with Crippen molar-refractivity contribution in [2.45, 2.75) is 33.4 Å². The van der Waals surface area contributed by atoms with Crippen LogP contribution in [0.1, 0.15) is 22.3 Å². The molecular formula is C40H36N12NaO12S4+. The van der Waals surface area contributed by atoms with Crippen molar-refractivity contribution in [2.24, 2.45) is 40.9 Å². The molecule has 0 aliphatic heterocycles. The number of nitrogen functional groups attached to an aromatic ring is 4. The second kappa shape index (κ2) is 20.9. The van der Waals surface area contributed by atoms with Crippen molar-refractivity contribution in [3.63, 3.8) is 0 Å². The molecule has 6 aromatic carbocycles. The molecule has 0 aliphatic carbocycles. The quantitative estimate of drug-likeness (QED) is 0.0191. The molecule has 24 nitrogen and oxygen atoms in total. The summed E-state index contributed by atoms with van der Waals surface area (Å²) in [6.45, 7) is 3.23.